The molecule has 1 aliphatic heterocycles. The van der Waals surface area contributed by atoms with E-state index in [1.54, 1.807) is 0 Å². The maximum atomic E-state index is 10.4. The monoisotopic (exact) mass is 422 g/mol. The number of nitrogens with zero attached hydrogens (tertiary/aromatic N) is 2. The average molecular weight is 423 g/mol. The third-order valence-corrected chi connectivity index (χ3v) is 5.65. The fourth-order valence-electron chi connectivity index (χ4n) is 3.78. The molecule has 3 aromatic carbocycles. The standard InChI is InChI=1S/C25H27ClN2O2/c26-22-7-4-8-23(17-22)28-15-13-27(14-16-28)18-24(29)19-30-25-11-9-21(10-12-25)20-5-2-1-3-6-20/h1-12,17,24,29H,13-16,18-19H2. The van der Waals surface area contributed by atoms with Crippen LogP contribution in [0.4, 0.5) is 5.69 Å². The number of hydrogen-bond donors (Lipinski definition) is 1. The topological polar surface area (TPSA) is 35.9 Å². The summed E-state index contributed by atoms with van der Waals surface area (Å²) in [6, 6.07) is 26.2. The Bertz CT molecular complexity index is 925. The van der Waals surface area contributed by atoms with Crippen LogP contribution in [0.1, 0.15) is 0 Å². The minimum atomic E-state index is -0.517. The van der Waals surface area contributed by atoms with E-state index >= 15 is 0 Å². The largest absolute Gasteiger partial charge is 0.491 e. The van der Waals surface area contributed by atoms with Crippen LogP contribution in [0, 0.1) is 0 Å². The summed E-state index contributed by atoms with van der Waals surface area (Å²) in [5.41, 5.74) is 3.49. The van der Waals surface area contributed by atoms with Gasteiger partial charge in [0.2, 0.25) is 0 Å². The van der Waals surface area contributed by atoms with Gasteiger partial charge in [0.25, 0.3) is 0 Å². The van der Waals surface area contributed by atoms with Gasteiger partial charge in [0.1, 0.15) is 18.5 Å². The maximum Gasteiger partial charge on any atom is 0.119 e. The number of piperazine rings is 1. The molecule has 1 unspecified atom stereocenters. The van der Waals surface area contributed by atoms with Gasteiger partial charge in [-0.3, -0.25) is 4.90 Å². The zero-order chi connectivity index (χ0) is 20.8. The molecule has 1 atom stereocenters. The number of hydrogen-bond acceptors (Lipinski definition) is 4. The molecule has 1 N–H and O–H groups in total. The van der Waals surface area contributed by atoms with E-state index < -0.39 is 6.10 Å². The summed E-state index contributed by atoms with van der Waals surface area (Å²) in [6.07, 6.45) is -0.517. The molecule has 3 aromatic rings. The van der Waals surface area contributed by atoms with Crippen LogP contribution in [0.15, 0.2) is 78.9 Å². The molecule has 5 heteroatoms. The molecule has 30 heavy (non-hydrogen) atoms. The van der Waals surface area contributed by atoms with Crippen molar-refractivity contribution in [2.45, 2.75) is 6.10 Å². The molecule has 0 saturated carbocycles. The minimum absolute atomic E-state index is 0.291. The van der Waals surface area contributed by atoms with Crippen molar-refractivity contribution in [3.8, 4) is 16.9 Å². The summed E-state index contributed by atoms with van der Waals surface area (Å²) in [7, 11) is 0. The van der Waals surface area contributed by atoms with Crippen LogP contribution in [0.25, 0.3) is 11.1 Å². The number of benzene rings is 3. The fourth-order valence-corrected chi connectivity index (χ4v) is 3.96. The van der Waals surface area contributed by atoms with Gasteiger partial charge in [0.15, 0.2) is 0 Å². The lowest BCUT2D eigenvalue weighted by molar-refractivity contribution is 0.0663. The maximum absolute atomic E-state index is 10.4. The smallest absolute Gasteiger partial charge is 0.119 e. The highest BCUT2D eigenvalue weighted by molar-refractivity contribution is 6.30. The first-order valence-electron chi connectivity index (χ1n) is 10.4. The first-order chi connectivity index (χ1) is 14.7. The molecule has 0 radical (unpaired) electrons. The number of anilines is 1. The Morgan fingerprint density at radius 1 is 0.833 bits per heavy atom. The summed E-state index contributed by atoms with van der Waals surface area (Å²) >= 11 is 6.10. The van der Waals surface area contributed by atoms with E-state index in [1.807, 2.05) is 60.7 Å². The highest BCUT2D eigenvalue weighted by Crippen LogP contribution is 2.23. The van der Waals surface area contributed by atoms with Crippen LogP contribution in [0.5, 0.6) is 5.75 Å². The Morgan fingerprint density at radius 2 is 1.53 bits per heavy atom. The van der Waals surface area contributed by atoms with Gasteiger partial charge >= 0.3 is 0 Å². The van der Waals surface area contributed by atoms with E-state index in [4.69, 9.17) is 16.3 Å². The normalized spacial score (nSPS) is 15.7. The summed E-state index contributed by atoms with van der Waals surface area (Å²) in [4.78, 5) is 4.62. The Hall–Kier alpha value is -2.53. The average Bonchev–Trinajstić information content (AvgIpc) is 2.79. The van der Waals surface area contributed by atoms with E-state index in [0.717, 1.165) is 48.2 Å². The molecule has 0 amide bonds. The molecule has 4 nitrogen and oxygen atoms in total. The molecule has 0 spiro atoms. The Morgan fingerprint density at radius 3 is 2.23 bits per heavy atom. The highest BCUT2D eigenvalue weighted by Gasteiger charge is 2.20. The third kappa shape index (κ3) is 5.54. The van der Waals surface area contributed by atoms with Gasteiger partial charge in [-0.05, 0) is 41.5 Å². The van der Waals surface area contributed by atoms with Crippen LogP contribution in [-0.4, -0.2) is 55.4 Å². The Kier molecular flexibility index (Phi) is 6.90. The van der Waals surface area contributed by atoms with Crippen molar-refractivity contribution < 1.29 is 9.84 Å². The van der Waals surface area contributed by atoms with Crippen LogP contribution in [0.2, 0.25) is 5.02 Å². The summed E-state index contributed by atoms with van der Waals surface area (Å²) in [6.45, 7) is 4.58. The van der Waals surface area contributed by atoms with Crippen molar-refractivity contribution in [2.24, 2.45) is 0 Å². The van der Waals surface area contributed by atoms with E-state index in [9.17, 15) is 5.11 Å². The van der Waals surface area contributed by atoms with E-state index in [2.05, 4.69) is 28.0 Å². The molecule has 1 fully saturated rings. The molecule has 1 saturated heterocycles. The van der Waals surface area contributed by atoms with Crippen LogP contribution in [-0.2, 0) is 0 Å². The second-order valence-corrected chi connectivity index (χ2v) is 8.06. The van der Waals surface area contributed by atoms with E-state index in [1.165, 1.54) is 5.56 Å². The number of aliphatic hydroxyl groups is 1. The lowest BCUT2D eigenvalue weighted by atomic mass is 10.1. The zero-order valence-corrected chi connectivity index (χ0v) is 17.7. The second kappa shape index (κ2) is 9.98. The Labute approximate surface area is 183 Å². The SMILES string of the molecule is OC(COc1ccc(-c2ccccc2)cc1)CN1CCN(c2cccc(Cl)c2)CC1. The lowest BCUT2D eigenvalue weighted by Gasteiger charge is -2.36. The number of β-amino-alcohol motifs (C(OH)–C–C–N with tert-alkyl or cyclic N) is 1. The van der Waals surface area contributed by atoms with Gasteiger partial charge in [-0.1, -0.05) is 60.1 Å². The zero-order valence-electron chi connectivity index (χ0n) is 17.0. The molecule has 0 bridgehead atoms. The number of rotatable bonds is 7. The van der Waals surface area contributed by atoms with Gasteiger partial charge in [-0.2, -0.15) is 0 Å². The van der Waals surface area contributed by atoms with E-state index in [-0.39, 0.29) is 0 Å². The first-order valence-corrected chi connectivity index (χ1v) is 10.7. The molecule has 0 aliphatic carbocycles. The summed E-state index contributed by atoms with van der Waals surface area (Å²) < 4.78 is 5.80. The lowest BCUT2D eigenvalue weighted by Crippen LogP contribution is -2.49. The van der Waals surface area contributed by atoms with Crippen LogP contribution < -0.4 is 9.64 Å². The van der Waals surface area contributed by atoms with Crippen LogP contribution >= 0.6 is 11.6 Å². The summed E-state index contributed by atoms with van der Waals surface area (Å²) in [5.74, 6) is 0.777. The van der Waals surface area contributed by atoms with Crippen molar-refractivity contribution in [1.82, 2.24) is 4.90 Å². The molecule has 4 rings (SSSR count). The molecule has 0 aromatic heterocycles. The minimum Gasteiger partial charge on any atom is -0.491 e. The third-order valence-electron chi connectivity index (χ3n) is 5.42. The van der Waals surface area contributed by atoms with Gasteiger partial charge in [-0.25, -0.2) is 0 Å². The van der Waals surface area contributed by atoms with Crippen molar-refractivity contribution >= 4 is 17.3 Å². The van der Waals surface area contributed by atoms with Gasteiger partial charge in [0.05, 0.1) is 0 Å². The second-order valence-electron chi connectivity index (χ2n) is 7.62. The van der Waals surface area contributed by atoms with E-state index in [0.29, 0.717) is 13.2 Å². The first kappa shape index (κ1) is 20.7. The predicted molar refractivity (Wildman–Crippen MR) is 123 cm³/mol. The molecule has 1 aliphatic rings. The van der Waals surface area contributed by atoms with Crippen molar-refractivity contribution in [1.29, 1.82) is 0 Å². The van der Waals surface area contributed by atoms with Crippen molar-refractivity contribution in [3.05, 3.63) is 83.9 Å². The highest BCUT2D eigenvalue weighted by atomic mass is 35.5. The van der Waals surface area contributed by atoms with Crippen molar-refractivity contribution in [3.63, 3.8) is 0 Å². The molecular weight excluding hydrogens is 396 g/mol. The van der Waals surface area contributed by atoms with Crippen molar-refractivity contribution in [2.75, 3.05) is 44.2 Å². The summed E-state index contributed by atoms with van der Waals surface area (Å²) in [5, 5.41) is 11.2. The molecule has 156 valence electrons. The number of aliphatic hydroxyl groups excluding tert-OH is 1. The quantitative estimate of drug-likeness (QED) is 0.605. The Balaban J connectivity index is 1.21. The molecule has 1 heterocycles. The predicted octanol–water partition coefficient (Wildman–Crippen LogP) is 4.57. The van der Waals surface area contributed by atoms with Gasteiger partial charge in [0, 0.05) is 43.4 Å². The number of ether oxygens (including phenoxy) is 1. The van der Waals surface area contributed by atoms with Gasteiger partial charge in [-0.15, -0.1) is 0 Å². The molecular formula is C25H27ClN2O2. The fraction of sp³-hybridized carbons (Fsp3) is 0.280. The van der Waals surface area contributed by atoms with Crippen LogP contribution in [0.3, 0.4) is 0 Å². The van der Waals surface area contributed by atoms with Gasteiger partial charge < -0.3 is 14.7 Å². The number of halogens is 1.